The number of rotatable bonds is 1. The molecule has 1 heterocycles. The summed E-state index contributed by atoms with van der Waals surface area (Å²) >= 11 is 12.0. The van der Waals surface area contributed by atoms with Crippen molar-refractivity contribution in [3.63, 3.8) is 0 Å². The van der Waals surface area contributed by atoms with Gasteiger partial charge in [-0.1, -0.05) is 35.3 Å². The van der Waals surface area contributed by atoms with E-state index in [4.69, 9.17) is 23.2 Å². The Morgan fingerprint density at radius 2 is 2.00 bits per heavy atom. The van der Waals surface area contributed by atoms with E-state index in [-0.39, 0.29) is 5.43 Å². The zero-order chi connectivity index (χ0) is 11.7. The van der Waals surface area contributed by atoms with Crippen molar-refractivity contribution in [2.45, 2.75) is 6.92 Å². The predicted molar refractivity (Wildman–Crippen MR) is 67.3 cm³/mol. The Kier molecular flexibility index (Phi) is 3.03. The fourth-order valence-electron chi connectivity index (χ4n) is 1.41. The average Bonchev–Trinajstić information content (AvgIpc) is 2.26. The second-order valence-corrected chi connectivity index (χ2v) is 4.28. The lowest BCUT2D eigenvalue weighted by atomic mass is 10.1. The first-order chi connectivity index (χ1) is 7.59. The van der Waals surface area contributed by atoms with Crippen molar-refractivity contribution in [3.8, 4) is 11.3 Å². The lowest BCUT2D eigenvalue weighted by Gasteiger charge is -2.05. The maximum Gasteiger partial charge on any atom is 0.185 e. The number of H-pyrrole nitrogens is 1. The Balaban J connectivity index is 2.63. The van der Waals surface area contributed by atoms with Crippen LogP contribution in [0.4, 0.5) is 0 Å². The van der Waals surface area contributed by atoms with Crippen molar-refractivity contribution in [3.05, 3.63) is 56.3 Å². The van der Waals surface area contributed by atoms with Gasteiger partial charge in [-0.2, -0.15) is 0 Å². The molecule has 0 aliphatic rings. The first-order valence-electron chi connectivity index (χ1n) is 4.73. The molecule has 0 aliphatic carbocycles. The molecule has 0 spiro atoms. The summed E-state index contributed by atoms with van der Waals surface area (Å²) in [6.07, 6.45) is 1.66. The molecule has 0 amide bonds. The predicted octanol–water partition coefficient (Wildman–Crippen LogP) is 3.66. The topological polar surface area (TPSA) is 32.9 Å². The van der Waals surface area contributed by atoms with Crippen LogP contribution in [0.5, 0.6) is 0 Å². The largest absolute Gasteiger partial charge is 0.361 e. The monoisotopic (exact) mass is 253 g/mol. The van der Waals surface area contributed by atoms with E-state index >= 15 is 0 Å². The molecule has 0 saturated heterocycles. The molecule has 1 N–H and O–H groups in total. The van der Waals surface area contributed by atoms with E-state index in [0.29, 0.717) is 21.3 Å². The molecule has 2 aromatic rings. The normalized spacial score (nSPS) is 10.4. The number of halogens is 2. The minimum Gasteiger partial charge on any atom is -0.361 e. The molecule has 0 radical (unpaired) electrons. The molecule has 1 aromatic carbocycles. The first kappa shape index (κ1) is 11.2. The van der Waals surface area contributed by atoms with Crippen LogP contribution in [-0.2, 0) is 0 Å². The van der Waals surface area contributed by atoms with E-state index < -0.39 is 0 Å². The lowest BCUT2D eigenvalue weighted by Crippen LogP contribution is -2.04. The number of aryl methyl sites for hydroxylation is 1. The van der Waals surface area contributed by atoms with Crippen molar-refractivity contribution in [1.82, 2.24) is 4.98 Å². The highest BCUT2D eigenvalue weighted by Crippen LogP contribution is 2.31. The van der Waals surface area contributed by atoms with Crippen molar-refractivity contribution < 1.29 is 0 Å². The van der Waals surface area contributed by atoms with Crippen molar-refractivity contribution in [1.29, 1.82) is 0 Å². The highest BCUT2D eigenvalue weighted by atomic mass is 35.5. The second-order valence-electron chi connectivity index (χ2n) is 3.50. The van der Waals surface area contributed by atoms with E-state index in [2.05, 4.69) is 4.98 Å². The van der Waals surface area contributed by atoms with Gasteiger partial charge in [0.15, 0.2) is 5.43 Å². The Morgan fingerprint density at radius 3 is 2.69 bits per heavy atom. The van der Waals surface area contributed by atoms with Gasteiger partial charge in [0.2, 0.25) is 0 Å². The van der Waals surface area contributed by atoms with Gasteiger partial charge < -0.3 is 4.98 Å². The summed E-state index contributed by atoms with van der Waals surface area (Å²) in [5.41, 5.74) is 2.04. The van der Waals surface area contributed by atoms with Gasteiger partial charge >= 0.3 is 0 Å². The number of aromatic amines is 1. The quantitative estimate of drug-likeness (QED) is 0.827. The van der Waals surface area contributed by atoms with Gasteiger partial charge in [0.05, 0.1) is 15.7 Å². The molecule has 2 nitrogen and oxygen atoms in total. The number of nitrogens with one attached hydrogen (secondary N) is 1. The maximum absolute atomic E-state index is 11.5. The molecule has 1 aromatic heterocycles. The van der Waals surface area contributed by atoms with E-state index in [1.807, 2.05) is 6.07 Å². The summed E-state index contributed by atoms with van der Waals surface area (Å²) in [5, 5.41) is 0.921. The molecule has 2 rings (SSSR count). The van der Waals surface area contributed by atoms with Gasteiger partial charge in [-0.25, -0.2) is 0 Å². The number of pyridine rings is 1. The van der Waals surface area contributed by atoms with Crippen LogP contribution < -0.4 is 5.43 Å². The van der Waals surface area contributed by atoms with Gasteiger partial charge in [-0.15, -0.1) is 0 Å². The summed E-state index contributed by atoms with van der Waals surface area (Å²) in [5.74, 6) is 0. The number of benzene rings is 1. The highest BCUT2D eigenvalue weighted by molar-refractivity contribution is 6.43. The van der Waals surface area contributed by atoms with Crippen LogP contribution in [-0.4, -0.2) is 4.98 Å². The van der Waals surface area contributed by atoms with Crippen molar-refractivity contribution in [2.75, 3.05) is 0 Å². The Bertz CT molecular complexity index is 590. The molecule has 0 fully saturated rings. The molecular weight excluding hydrogens is 245 g/mol. The van der Waals surface area contributed by atoms with Crippen LogP contribution in [0, 0.1) is 6.92 Å². The maximum atomic E-state index is 11.5. The first-order valence-corrected chi connectivity index (χ1v) is 5.49. The van der Waals surface area contributed by atoms with Gasteiger partial charge in [-0.3, -0.25) is 4.79 Å². The summed E-state index contributed by atoms with van der Waals surface area (Å²) in [6, 6.07) is 6.84. The molecule has 4 heteroatoms. The van der Waals surface area contributed by atoms with Crippen molar-refractivity contribution in [2.24, 2.45) is 0 Å². The number of hydrogen-bond acceptors (Lipinski definition) is 1. The van der Waals surface area contributed by atoms with Gasteiger partial charge in [0, 0.05) is 23.4 Å². The third-order valence-electron chi connectivity index (χ3n) is 2.35. The van der Waals surface area contributed by atoms with Crippen LogP contribution >= 0.6 is 23.2 Å². The summed E-state index contributed by atoms with van der Waals surface area (Å²) in [7, 11) is 0. The Morgan fingerprint density at radius 1 is 1.25 bits per heavy atom. The van der Waals surface area contributed by atoms with Crippen LogP contribution in [0.1, 0.15) is 5.56 Å². The summed E-state index contributed by atoms with van der Waals surface area (Å²) < 4.78 is 0. The van der Waals surface area contributed by atoms with E-state index in [1.165, 1.54) is 6.07 Å². The van der Waals surface area contributed by atoms with Crippen LogP contribution in [0.3, 0.4) is 0 Å². The number of aromatic nitrogens is 1. The average molecular weight is 254 g/mol. The van der Waals surface area contributed by atoms with Crippen LogP contribution in [0.15, 0.2) is 35.3 Å². The highest BCUT2D eigenvalue weighted by Gasteiger charge is 2.07. The van der Waals surface area contributed by atoms with Crippen molar-refractivity contribution >= 4 is 23.2 Å². The van der Waals surface area contributed by atoms with Gasteiger partial charge in [0.1, 0.15) is 0 Å². The molecule has 16 heavy (non-hydrogen) atoms. The second kappa shape index (κ2) is 4.32. The third-order valence-corrected chi connectivity index (χ3v) is 3.17. The fourth-order valence-corrected chi connectivity index (χ4v) is 1.81. The van der Waals surface area contributed by atoms with E-state index in [9.17, 15) is 4.79 Å². The Labute approximate surface area is 103 Å². The lowest BCUT2D eigenvalue weighted by molar-refractivity contribution is 1.24. The van der Waals surface area contributed by atoms with Crippen LogP contribution in [0.2, 0.25) is 10.0 Å². The summed E-state index contributed by atoms with van der Waals surface area (Å²) in [4.78, 5) is 14.5. The molecule has 82 valence electrons. The molecule has 0 aliphatic heterocycles. The molecule has 0 saturated carbocycles. The Hall–Kier alpha value is -1.25. The zero-order valence-corrected chi connectivity index (χ0v) is 10.1. The third kappa shape index (κ3) is 1.99. The van der Waals surface area contributed by atoms with E-state index in [0.717, 1.165) is 5.56 Å². The van der Waals surface area contributed by atoms with Gasteiger partial charge in [0.25, 0.3) is 0 Å². The molecule has 0 unspecified atom stereocenters. The molecular formula is C12H9Cl2NO. The van der Waals surface area contributed by atoms with Gasteiger partial charge in [-0.05, 0) is 13.0 Å². The zero-order valence-electron chi connectivity index (χ0n) is 8.55. The summed E-state index contributed by atoms with van der Waals surface area (Å²) in [6.45, 7) is 1.75. The SMILES string of the molecule is Cc1c[nH]c(-c2cccc(Cl)c2Cl)cc1=O. The van der Waals surface area contributed by atoms with Crippen LogP contribution in [0.25, 0.3) is 11.3 Å². The molecule has 0 atom stereocenters. The fraction of sp³-hybridized carbons (Fsp3) is 0.0833. The minimum atomic E-state index is -0.0233. The number of hydrogen-bond donors (Lipinski definition) is 1. The minimum absolute atomic E-state index is 0.0233. The smallest absolute Gasteiger partial charge is 0.185 e. The van der Waals surface area contributed by atoms with E-state index in [1.54, 1.807) is 25.3 Å². The standard InChI is InChI=1S/C12H9Cl2NO/c1-7-6-15-10(5-11(7)16)8-3-2-4-9(13)12(8)14/h2-6H,1H3,(H,15,16). The molecule has 0 bridgehead atoms.